The van der Waals surface area contributed by atoms with Crippen LogP contribution in [-0.2, 0) is 6.61 Å². The summed E-state index contributed by atoms with van der Waals surface area (Å²) in [5.41, 5.74) is 8.70. The number of hydrogen-bond acceptors (Lipinski definition) is 4. The van der Waals surface area contributed by atoms with E-state index in [0.29, 0.717) is 17.9 Å². The first-order valence-electron chi connectivity index (χ1n) is 7.93. The van der Waals surface area contributed by atoms with Crippen molar-refractivity contribution >= 4 is 17.4 Å². The first-order chi connectivity index (χ1) is 12.1. The number of nitrogens with one attached hydrogen (secondary N) is 1. The highest BCUT2D eigenvalue weighted by molar-refractivity contribution is 6.08. The molecule has 2 aromatic carbocycles. The Morgan fingerprint density at radius 1 is 1.08 bits per heavy atom. The Morgan fingerprint density at radius 3 is 2.48 bits per heavy atom. The van der Waals surface area contributed by atoms with Crippen molar-refractivity contribution in [2.24, 2.45) is 0 Å². The molecule has 126 valence electrons. The fourth-order valence-electron chi connectivity index (χ4n) is 2.44. The fraction of sp³-hybridized carbons (Fsp3) is 0.100. The van der Waals surface area contributed by atoms with Gasteiger partial charge in [0.1, 0.15) is 18.2 Å². The van der Waals surface area contributed by atoms with Crippen LogP contribution in [0, 0.1) is 6.92 Å². The highest BCUT2D eigenvalue weighted by Crippen LogP contribution is 2.18. The highest BCUT2D eigenvalue weighted by atomic mass is 16.5. The van der Waals surface area contributed by atoms with E-state index in [1.165, 1.54) is 0 Å². The second kappa shape index (κ2) is 7.49. The molecule has 3 N–H and O–H groups in total. The number of anilines is 2. The van der Waals surface area contributed by atoms with E-state index in [1.807, 2.05) is 61.5 Å². The zero-order valence-corrected chi connectivity index (χ0v) is 13.9. The number of ether oxygens (including phenoxy) is 1. The monoisotopic (exact) mass is 333 g/mol. The molecule has 1 aromatic heterocycles. The number of carbonyl (C=O) groups excluding carboxylic acids is 1. The molecule has 1 amide bonds. The third kappa shape index (κ3) is 4.14. The van der Waals surface area contributed by atoms with Gasteiger partial charge in [-0.2, -0.15) is 0 Å². The Balaban J connectivity index is 1.63. The van der Waals surface area contributed by atoms with Gasteiger partial charge in [-0.15, -0.1) is 0 Å². The lowest BCUT2D eigenvalue weighted by Gasteiger charge is -2.10. The minimum absolute atomic E-state index is 0.227. The van der Waals surface area contributed by atoms with E-state index in [1.54, 1.807) is 12.3 Å². The highest BCUT2D eigenvalue weighted by Gasteiger charge is 2.13. The van der Waals surface area contributed by atoms with Gasteiger partial charge in [0.15, 0.2) is 0 Å². The van der Waals surface area contributed by atoms with Gasteiger partial charge in [0.25, 0.3) is 5.91 Å². The lowest BCUT2D eigenvalue weighted by Crippen LogP contribution is -2.16. The largest absolute Gasteiger partial charge is 0.489 e. The summed E-state index contributed by atoms with van der Waals surface area (Å²) >= 11 is 0. The van der Waals surface area contributed by atoms with Gasteiger partial charge in [0.2, 0.25) is 0 Å². The second-order valence-corrected chi connectivity index (χ2v) is 5.64. The Hall–Kier alpha value is -3.34. The van der Waals surface area contributed by atoms with E-state index < -0.39 is 0 Å². The Bertz CT molecular complexity index is 842. The van der Waals surface area contributed by atoms with Crippen molar-refractivity contribution in [2.45, 2.75) is 13.5 Å². The van der Waals surface area contributed by atoms with E-state index in [9.17, 15) is 4.79 Å². The van der Waals surface area contributed by atoms with Crippen LogP contribution in [0.2, 0.25) is 0 Å². The van der Waals surface area contributed by atoms with Gasteiger partial charge in [-0.1, -0.05) is 30.3 Å². The number of hydrogen-bond donors (Lipinski definition) is 2. The molecular formula is C20H19N3O2. The molecule has 0 aliphatic rings. The van der Waals surface area contributed by atoms with Crippen molar-refractivity contribution < 1.29 is 9.53 Å². The maximum Gasteiger partial charge on any atom is 0.259 e. The van der Waals surface area contributed by atoms with Crippen LogP contribution in [0.5, 0.6) is 5.75 Å². The van der Waals surface area contributed by atoms with E-state index in [4.69, 9.17) is 10.5 Å². The summed E-state index contributed by atoms with van der Waals surface area (Å²) in [6.45, 7) is 2.30. The maximum atomic E-state index is 12.4. The SMILES string of the molecule is Cc1ccnc(N)c1C(=O)Nc1ccc(COc2ccccc2)cc1. The lowest BCUT2D eigenvalue weighted by atomic mass is 10.1. The predicted octanol–water partition coefficient (Wildman–Crippen LogP) is 3.80. The number of para-hydroxylation sites is 1. The van der Waals surface area contributed by atoms with E-state index >= 15 is 0 Å². The van der Waals surface area contributed by atoms with Crippen molar-refractivity contribution in [1.29, 1.82) is 0 Å². The molecule has 3 rings (SSSR count). The number of rotatable bonds is 5. The molecule has 5 heteroatoms. The molecule has 0 saturated carbocycles. The van der Waals surface area contributed by atoms with E-state index in [0.717, 1.165) is 16.9 Å². The van der Waals surface area contributed by atoms with Gasteiger partial charge in [0.05, 0.1) is 5.56 Å². The number of nitrogens with zero attached hydrogens (tertiary/aromatic N) is 1. The van der Waals surface area contributed by atoms with Crippen LogP contribution in [0.3, 0.4) is 0 Å². The average molecular weight is 333 g/mol. The molecule has 0 fully saturated rings. The first kappa shape index (κ1) is 16.5. The van der Waals surface area contributed by atoms with Gasteiger partial charge in [0, 0.05) is 11.9 Å². The molecule has 0 atom stereocenters. The molecular weight excluding hydrogens is 314 g/mol. The number of amides is 1. The van der Waals surface area contributed by atoms with Gasteiger partial charge in [-0.05, 0) is 48.4 Å². The smallest absolute Gasteiger partial charge is 0.259 e. The maximum absolute atomic E-state index is 12.4. The Morgan fingerprint density at radius 2 is 1.80 bits per heavy atom. The minimum Gasteiger partial charge on any atom is -0.489 e. The number of carbonyl (C=O) groups is 1. The summed E-state index contributed by atoms with van der Waals surface area (Å²) in [7, 11) is 0. The molecule has 0 saturated heterocycles. The first-order valence-corrected chi connectivity index (χ1v) is 7.93. The molecule has 0 bridgehead atoms. The molecule has 1 heterocycles. The normalized spacial score (nSPS) is 10.3. The van der Waals surface area contributed by atoms with E-state index in [2.05, 4.69) is 10.3 Å². The molecule has 0 unspecified atom stereocenters. The summed E-state index contributed by atoms with van der Waals surface area (Å²) in [6, 6.07) is 18.9. The molecule has 25 heavy (non-hydrogen) atoms. The van der Waals surface area contributed by atoms with Crippen LogP contribution in [0.1, 0.15) is 21.5 Å². The summed E-state index contributed by atoms with van der Waals surface area (Å²) in [6.07, 6.45) is 1.59. The number of aryl methyl sites for hydroxylation is 1. The van der Waals surface area contributed by atoms with Crippen molar-refractivity contribution in [3.63, 3.8) is 0 Å². The van der Waals surface area contributed by atoms with Crippen LogP contribution in [0.25, 0.3) is 0 Å². The Kier molecular flexibility index (Phi) is 4.95. The zero-order chi connectivity index (χ0) is 17.6. The lowest BCUT2D eigenvalue weighted by molar-refractivity contribution is 0.102. The van der Waals surface area contributed by atoms with Crippen LogP contribution >= 0.6 is 0 Å². The van der Waals surface area contributed by atoms with Crippen LogP contribution in [-0.4, -0.2) is 10.9 Å². The van der Waals surface area contributed by atoms with E-state index in [-0.39, 0.29) is 11.7 Å². The number of benzene rings is 2. The summed E-state index contributed by atoms with van der Waals surface area (Å²) < 4.78 is 5.70. The number of aromatic nitrogens is 1. The van der Waals surface area contributed by atoms with Crippen molar-refractivity contribution in [1.82, 2.24) is 4.98 Å². The molecule has 5 nitrogen and oxygen atoms in total. The van der Waals surface area contributed by atoms with Gasteiger partial charge in [-0.25, -0.2) is 4.98 Å². The van der Waals surface area contributed by atoms with Crippen molar-refractivity contribution in [3.8, 4) is 5.75 Å². The van der Waals surface area contributed by atoms with Gasteiger partial charge >= 0.3 is 0 Å². The molecule has 3 aromatic rings. The molecule has 0 spiro atoms. The van der Waals surface area contributed by atoms with Crippen LogP contribution in [0.15, 0.2) is 66.9 Å². The summed E-state index contributed by atoms with van der Waals surface area (Å²) in [5.74, 6) is 0.782. The van der Waals surface area contributed by atoms with Crippen LogP contribution < -0.4 is 15.8 Å². The number of nitrogens with two attached hydrogens (primary N) is 1. The summed E-state index contributed by atoms with van der Waals surface area (Å²) in [4.78, 5) is 16.4. The van der Waals surface area contributed by atoms with Crippen molar-refractivity contribution in [3.05, 3.63) is 83.6 Å². The predicted molar refractivity (Wildman–Crippen MR) is 98.6 cm³/mol. The topological polar surface area (TPSA) is 77.2 Å². The second-order valence-electron chi connectivity index (χ2n) is 5.64. The molecule has 0 radical (unpaired) electrons. The van der Waals surface area contributed by atoms with Gasteiger partial charge < -0.3 is 15.8 Å². The van der Waals surface area contributed by atoms with Crippen LogP contribution in [0.4, 0.5) is 11.5 Å². The third-order valence-corrected chi connectivity index (χ3v) is 3.78. The number of pyridine rings is 1. The standard InChI is InChI=1S/C20H19N3O2/c1-14-11-12-22-19(21)18(14)20(24)23-16-9-7-15(8-10-16)13-25-17-5-3-2-4-6-17/h2-12H,13H2,1H3,(H2,21,22)(H,23,24). The third-order valence-electron chi connectivity index (χ3n) is 3.78. The number of nitrogen functional groups attached to an aromatic ring is 1. The van der Waals surface area contributed by atoms with Gasteiger partial charge in [-0.3, -0.25) is 4.79 Å². The summed E-state index contributed by atoms with van der Waals surface area (Å²) in [5, 5.41) is 2.84. The molecule has 0 aliphatic heterocycles. The zero-order valence-electron chi connectivity index (χ0n) is 13.9. The molecule has 0 aliphatic carbocycles. The quantitative estimate of drug-likeness (QED) is 0.744. The van der Waals surface area contributed by atoms with Crippen molar-refractivity contribution in [2.75, 3.05) is 11.1 Å². The minimum atomic E-state index is -0.267. The fourth-order valence-corrected chi connectivity index (χ4v) is 2.44. The Labute approximate surface area is 146 Å². The average Bonchev–Trinajstić information content (AvgIpc) is 2.62.